The first-order chi connectivity index (χ1) is 24.1. The molecule has 0 aliphatic carbocycles. The minimum absolute atomic E-state index is 0.0458. The van der Waals surface area contributed by atoms with Crippen molar-refractivity contribution in [2.75, 3.05) is 0 Å². The highest BCUT2D eigenvalue weighted by molar-refractivity contribution is 6.98. The van der Waals surface area contributed by atoms with Crippen molar-refractivity contribution in [1.29, 1.82) is 0 Å². The van der Waals surface area contributed by atoms with Gasteiger partial charge in [0.2, 0.25) is 0 Å². The molecule has 0 saturated carbocycles. The Morgan fingerprint density at radius 1 is 0.490 bits per heavy atom. The van der Waals surface area contributed by atoms with Gasteiger partial charge < -0.3 is 13.9 Å². The van der Waals surface area contributed by atoms with Crippen LogP contribution >= 0.6 is 0 Å². The number of hydrogen-bond acceptors (Lipinski definition) is 1. The number of benzene rings is 7. The second-order valence-electron chi connectivity index (χ2n) is 14.1. The molecule has 4 heteroatoms. The summed E-state index contributed by atoms with van der Waals surface area (Å²) in [7, 11) is 0. The fourth-order valence-corrected chi connectivity index (χ4v) is 9.23. The van der Waals surface area contributed by atoms with E-state index in [0.717, 1.165) is 28.4 Å². The molecule has 0 fully saturated rings. The summed E-state index contributed by atoms with van der Waals surface area (Å²) in [6.45, 7) is 4.85. The molecule has 9 aromatic rings. The molecule has 0 amide bonds. The lowest BCUT2D eigenvalue weighted by atomic mass is 9.30. The van der Waals surface area contributed by atoms with Gasteiger partial charge in [0.05, 0.1) is 22.1 Å². The first-order valence-corrected chi connectivity index (χ1v) is 17.2. The molecule has 0 radical (unpaired) electrons. The van der Waals surface area contributed by atoms with Crippen LogP contribution in [0.1, 0.15) is 25.0 Å². The quantitative estimate of drug-likeness (QED) is 0.175. The third-order valence-electron chi connectivity index (χ3n) is 11.2. The van der Waals surface area contributed by atoms with Crippen LogP contribution in [0, 0.1) is 0 Å². The molecule has 3 nitrogen and oxygen atoms in total. The number of ether oxygens (including phenoxy) is 1. The van der Waals surface area contributed by atoms with Gasteiger partial charge in [-0.25, -0.2) is 0 Å². The van der Waals surface area contributed by atoms with Gasteiger partial charge in [-0.2, -0.15) is 0 Å². The molecule has 0 N–H and O–H groups in total. The van der Waals surface area contributed by atoms with Gasteiger partial charge in [0.15, 0.2) is 0 Å². The van der Waals surface area contributed by atoms with Gasteiger partial charge in [-0.1, -0.05) is 122 Å². The van der Waals surface area contributed by atoms with Crippen molar-refractivity contribution in [2.45, 2.75) is 19.3 Å². The summed E-state index contributed by atoms with van der Waals surface area (Å²) in [5.41, 5.74) is 13.4. The van der Waals surface area contributed by atoms with Crippen LogP contribution in [0.2, 0.25) is 0 Å². The summed E-state index contributed by atoms with van der Waals surface area (Å²) in [6.07, 6.45) is 0. The van der Waals surface area contributed by atoms with E-state index in [1.807, 2.05) is 0 Å². The minimum atomic E-state index is -0.253. The van der Waals surface area contributed by atoms with Crippen LogP contribution in [-0.2, 0) is 5.41 Å². The standard InChI is InChI=1S/C45H31BN2O/c1-45(2)33-21-11-12-22-34(33)46-35-25-32-30-19-9-13-23-36(30)47(28-15-5-3-6-16-28)38(32)26-40(35)49-41-27-39-42(43(45)44(41)46)31-20-10-14-24-37(31)48(39)29-17-7-4-8-18-29/h3-27H,1-2H3. The Balaban J connectivity index is 1.29. The first kappa shape index (κ1) is 27.0. The lowest BCUT2D eigenvalue weighted by Crippen LogP contribution is -2.62. The molecule has 230 valence electrons. The van der Waals surface area contributed by atoms with E-state index >= 15 is 0 Å². The SMILES string of the molecule is CC1(C)c2ccccc2B2c3cc4c5ccccc5n(-c5ccccc5)c4cc3Oc3cc4c(c1c32)c1ccccc1n4-c1ccccc1. The van der Waals surface area contributed by atoms with Crippen LogP contribution in [-0.4, -0.2) is 15.8 Å². The summed E-state index contributed by atoms with van der Waals surface area (Å²) in [6, 6.07) is 55.2. The topological polar surface area (TPSA) is 19.1 Å². The number of para-hydroxylation sites is 4. The molecule has 0 bridgehead atoms. The second kappa shape index (κ2) is 9.55. The van der Waals surface area contributed by atoms with E-state index in [2.05, 4.69) is 175 Å². The Kier molecular flexibility index (Phi) is 5.26. The van der Waals surface area contributed by atoms with Crippen molar-refractivity contribution in [3.8, 4) is 22.9 Å². The molecular formula is C45H31BN2O. The maximum atomic E-state index is 7.20. The van der Waals surface area contributed by atoms with Crippen molar-refractivity contribution >= 4 is 66.7 Å². The Labute approximate surface area is 284 Å². The number of fused-ring (bicyclic) bond motifs is 11. The molecule has 11 rings (SSSR count). The van der Waals surface area contributed by atoms with Gasteiger partial charge in [-0.05, 0) is 58.5 Å². The number of aromatic nitrogens is 2. The molecule has 0 unspecified atom stereocenters. The summed E-state index contributed by atoms with van der Waals surface area (Å²) in [5, 5.41) is 5.09. The monoisotopic (exact) mass is 626 g/mol. The molecule has 4 heterocycles. The minimum Gasteiger partial charge on any atom is -0.458 e. The highest BCUT2D eigenvalue weighted by atomic mass is 16.5. The van der Waals surface area contributed by atoms with Crippen molar-refractivity contribution in [2.24, 2.45) is 0 Å². The number of nitrogens with zero attached hydrogens (tertiary/aromatic N) is 2. The maximum absolute atomic E-state index is 7.20. The highest BCUT2D eigenvalue weighted by Crippen LogP contribution is 2.47. The lowest BCUT2D eigenvalue weighted by molar-refractivity contribution is 0.486. The predicted octanol–water partition coefficient (Wildman–Crippen LogP) is 9.14. The van der Waals surface area contributed by atoms with E-state index in [4.69, 9.17) is 4.74 Å². The van der Waals surface area contributed by atoms with Crippen molar-refractivity contribution in [3.63, 3.8) is 0 Å². The Morgan fingerprint density at radius 3 is 1.80 bits per heavy atom. The van der Waals surface area contributed by atoms with Crippen LogP contribution in [0.25, 0.3) is 55.0 Å². The molecule has 0 spiro atoms. The molecular weight excluding hydrogens is 595 g/mol. The highest BCUT2D eigenvalue weighted by Gasteiger charge is 2.47. The second-order valence-corrected chi connectivity index (χ2v) is 14.1. The zero-order chi connectivity index (χ0) is 32.4. The average molecular weight is 627 g/mol. The Morgan fingerprint density at radius 2 is 1.06 bits per heavy atom. The Bertz CT molecular complexity index is 2830. The number of hydrogen-bond donors (Lipinski definition) is 0. The van der Waals surface area contributed by atoms with E-state index in [0.29, 0.717) is 0 Å². The molecule has 2 aliphatic heterocycles. The summed E-state index contributed by atoms with van der Waals surface area (Å²) in [4.78, 5) is 0. The zero-order valence-electron chi connectivity index (χ0n) is 27.3. The fraction of sp³-hybridized carbons (Fsp3) is 0.0667. The molecule has 0 saturated heterocycles. The van der Waals surface area contributed by atoms with Crippen LogP contribution < -0.4 is 21.1 Å². The normalized spacial score (nSPS) is 14.2. The molecule has 7 aromatic carbocycles. The van der Waals surface area contributed by atoms with Crippen LogP contribution in [0.4, 0.5) is 0 Å². The summed E-state index contributed by atoms with van der Waals surface area (Å²) < 4.78 is 12.0. The van der Waals surface area contributed by atoms with Gasteiger partial charge in [-0.15, -0.1) is 0 Å². The van der Waals surface area contributed by atoms with E-state index < -0.39 is 0 Å². The van der Waals surface area contributed by atoms with E-state index in [-0.39, 0.29) is 12.1 Å². The van der Waals surface area contributed by atoms with Crippen molar-refractivity contribution in [3.05, 3.63) is 163 Å². The zero-order valence-corrected chi connectivity index (χ0v) is 27.3. The van der Waals surface area contributed by atoms with Crippen molar-refractivity contribution in [1.82, 2.24) is 9.13 Å². The van der Waals surface area contributed by atoms with Gasteiger partial charge in [0.1, 0.15) is 11.5 Å². The van der Waals surface area contributed by atoms with E-state index in [1.54, 1.807) is 0 Å². The predicted molar refractivity (Wildman–Crippen MR) is 205 cm³/mol. The van der Waals surface area contributed by atoms with Gasteiger partial charge in [0, 0.05) is 50.5 Å². The fourth-order valence-electron chi connectivity index (χ4n) is 9.23. The largest absolute Gasteiger partial charge is 0.458 e. The van der Waals surface area contributed by atoms with Gasteiger partial charge in [-0.3, -0.25) is 0 Å². The summed E-state index contributed by atoms with van der Waals surface area (Å²) >= 11 is 0. The molecule has 2 aliphatic rings. The third kappa shape index (κ3) is 3.48. The van der Waals surface area contributed by atoms with Crippen LogP contribution in [0.5, 0.6) is 11.5 Å². The first-order valence-electron chi connectivity index (χ1n) is 17.2. The molecule has 0 atom stereocenters. The maximum Gasteiger partial charge on any atom is 0.251 e. The smallest absolute Gasteiger partial charge is 0.251 e. The summed E-state index contributed by atoms with van der Waals surface area (Å²) in [5.74, 6) is 1.87. The number of rotatable bonds is 2. The third-order valence-corrected chi connectivity index (χ3v) is 11.2. The van der Waals surface area contributed by atoms with Gasteiger partial charge >= 0.3 is 0 Å². The van der Waals surface area contributed by atoms with Gasteiger partial charge in [0.25, 0.3) is 6.71 Å². The Hall–Kier alpha value is -6.00. The van der Waals surface area contributed by atoms with E-state index in [1.165, 1.54) is 65.6 Å². The average Bonchev–Trinajstić information content (AvgIpc) is 3.64. The van der Waals surface area contributed by atoms with Crippen molar-refractivity contribution < 1.29 is 4.74 Å². The molecule has 49 heavy (non-hydrogen) atoms. The molecule has 2 aromatic heterocycles. The van der Waals surface area contributed by atoms with Crippen LogP contribution in [0.3, 0.4) is 0 Å². The van der Waals surface area contributed by atoms with E-state index in [9.17, 15) is 0 Å². The lowest BCUT2D eigenvalue weighted by Gasteiger charge is -2.42. The van der Waals surface area contributed by atoms with Crippen LogP contribution in [0.15, 0.2) is 152 Å².